The van der Waals surface area contributed by atoms with Crippen LogP contribution in [0, 0.1) is 11.9 Å². The van der Waals surface area contributed by atoms with Crippen LogP contribution < -0.4 is 0 Å². The van der Waals surface area contributed by atoms with E-state index in [1.165, 1.54) is 6.07 Å². The number of H-pyrrole nitrogens is 1. The summed E-state index contributed by atoms with van der Waals surface area (Å²) in [5.41, 5.74) is 2.21. The van der Waals surface area contributed by atoms with Gasteiger partial charge in [0.05, 0.1) is 22.6 Å². The highest BCUT2D eigenvalue weighted by molar-refractivity contribution is 5.59. The van der Waals surface area contributed by atoms with Crippen LogP contribution in [-0.4, -0.2) is 24.9 Å². The van der Waals surface area contributed by atoms with E-state index in [0.717, 1.165) is 17.5 Å². The number of aromatic amines is 1. The summed E-state index contributed by atoms with van der Waals surface area (Å²) >= 11 is 0. The van der Waals surface area contributed by atoms with E-state index >= 15 is 0 Å². The first-order valence-corrected chi connectivity index (χ1v) is 8.72. The summed E-state index contributed by atoms with van der Waals surface area (Å²) in [7, 11) is 0. The average Bonchev–Trinajstić information content (AvgIpc) is 3.23. The topological polar surface area (TPSA) is 67.3 Å². The molecule has 1 N–H and O–H groups in total. The Labute approximate surface area is 160 Å². The van der Waals surface area contributed by atoms with Crippen molar-refractivity contribution in [2.24, 2.45) is 0 Å². The molecule has 0 unspecified atom stereocenters. The molecule has 0 amide bonds. The van der Waals surface area contributed by atoms with Crippen LogP contribution in [0.4, 0.5) is 8.78 Å². The van der Waals surface area contributed by atoms with Crippen molar-refractivity contribution in [2.75, 3.05) is 0 Å². The number of hydrogen-bond donors (Lipinski definition) is 1. The molecular weight excluding hydrogens is 360 g/mol. The van der Waals surface area contributed by atoms with Gasteiger partial charge in [0, 0.05) is 17.8 Å². The minimum Gasteiger partial charge on any atom is -0.343 e. The molecule has 4 rings (SSSR count). The number of nitrogens with one attached hydrogen (secondary N) is 1. The normalized spacial score (nSPS) is 11.6. The number of rotatable bonds is 4. The molecule has 0 radical (unpaired) electrons. The molecule has 4 aromatic rings. The van der Waals surface area contributed by atoms with Crippen molar-refractivity contribution in [1.82, 2.24) is 24.9 Å². The first-order valence-electron chi connectivity index (χ1n) is 8.72. The Morgan fingerprint density at radius 2 is 1.50 bits per heavy atom. The van der Waals surface area contributed by atoms with Crippen molar-refractivity contribution in [3.8, 4) is 22.8 Å². The third-order valence-electron chi connectivity index (χ3n) is 4.61. The summed E-state index contributed by atoms with van der Waals surface area (Å²) in [6.07, 6.45) is 3.41. The lowest BCUT2D eigenvalue weighted by atomic mass is 9.84. The number of halogens is 2. The third-order valence-corrected chi connectivity index (χ3v) is 4.61. The second kappa shape index (κ2) is 6.92. The van der Waals surface area contributed by atoms with Crippen LogP contribution in [-0.2, 0) is 5.41 Å². The third kappa shape index (κ3) is 3.26. The molecule has 4 aromatic heterocycles. The van der Waals surface area contributed by atoms with E-state index in [0.29, 0.717) is 17.2 Å². The van der Waals surface area contributed by atoms with Crippen LogP contribution in [0.25, 0.3) is 22.8 Å². The smallest absolute Gasteiger partial charge is 0.224 e. The fourth-order valence-electron chi connectivity index (χ4n) is 2.99. The Balaban J connectivity index is 1.75. The number of nitrogens with zero attached hydrogens (tertiary/aromatic N) is 4. The fraction of sp³-hybridized carbons (Fsp3) is 0.143. The predicted octanol–water partition coefficient (Wildman–Crippen LogP) is 4.53. The van der Waals surface area contributed by atoms with E-state index in [-0.39, 0.29) is 5.56 Å². The molecule has 0 atom stereocenters. The van der Waals surface area contributed by atoms with Crippen LogP contribution >= 0.6 is 0 Å². The van der Waals surface area contributed by atoms with Gasteiger partial charge in [-0.3, -0.25) is 4.98 Å². The lowest BCUT2D eigenvalue weighted by molar-refractivity contribution is 0.514. The quantitative estimate of drug-likeness (QED) is 0.531. The van der Waals surface area contributed by atoms with Crippen molar-refractivity contribution in [1.29, 1.82) is 0 Å². The maximum absolute atomic E-state index is 14.1. The highest BCUT2D eigenvalue weighted by Gasteiger charge is 2.27. The van der Waals surface area contributed by atoms with Crippen LogP contribution in [0.5, 0.6) is 0 Å². The van der Waals surface area contributed by atoms with Gasteiger partial charge in [-0.05, 0) is 50.2 Å². The minimum absolute atomic E-state index is 0.149. The SMILES string of the molecule is CC(C)(c1cccc(-c2ncc[nH]2)n1)c1cccc(-c2ccc(F)nc2F)n1. The van der Waals surface area contributed by atoms with Gasteiger partial charge >= 0.3 is 0 Å². The van der Waals surface area contributed by atoms with Gasteiger partial charge in [-0.1, -0.05) is 12.1 Å². The molecular formula is C21H17F2N5. The fourth-order valence-corrected chi connectivity index (χ4v) is 2.99. The minimum atomic E-state index is -0.889. The highest BCUT2D eigenvalue weighted by Crippen LogP contribution is 2.31. The second-order valence-corrected chi connectivity index (χ2v) is 6.85. The van der Waals surface area contributed by atoms with Gasteiger partial charge in [0.25, 0.3) is 0 Å². The summed E-state index contributed by atoms with van der Waals surface area (Å²) in [5.74, 6) is -1.07. The van der Waals surface area contributed by atoms with Crippen molar-refractivity contribution in [2.45, 2.75) is 19.3 Å². The largest absolute Gasteiger partial charge is 0.343 e. The number of imidazole rings is 1. The van der Waals surface area contributed by atoms with Gasteiger partial charge in [0.2, 0.25) is 11.9 Å². The van der Waals surface area contributed by atoms with Gasteiger partial charge < -0.3 is 4.98 Å². The monoisotopic (exact) mass is 377 g/mol. The Morgan fingerprint density at radius 3 is 2.14 bits per heavy atom. The Hall–Kier alpha value is -3.48. The molecule has 7 heteroatoms. The van der Waals surface area contributed by atoms with E-state index < -0.39 is 17.3 Å². The average molecular weight is 377 g/mol. The van der Waals surface area contributed by atoms with Crippen molar-refractivity contribution in [3.63, 3.8) is 0 Å². The summed E-state index contributed by atoms with van der Waals surface area (Å²) in [6.45, 7) is 3.99. The zero-order chi connectivity index (χ0) is 19.7. The van der Waals surface area contributed by atoms with Crippen molar-refractivity contribution < 1.29 is 8.78 Å². The van der Waals surface area contributed by atoms with Gasteiger partial charge in [0.15, 0.2) is 5.82 Å². The number of aromatic nitrogens is 5. The van der Waals surface area contributed by atoms with E-state index in [4.69, 9.17) is 4.98 Å². The lowest BCUT2D eigenvalue weighted by Gasteiger charge is -2.24. The maximum Gasteiger partial charge on any atom is 0.224 e. The summed E-state index contributed by atoms with van der Waals surface area (Å²) in [5, 5.41) is 0. The first-order chi connectivity index (χ1) is 13.4. The lowest BCUT2D eigenvalue weighted by Crippen LogP contribution is -2.22. The molecule has 140 valence electrons. The maximum atomic E-state index is 14.1. The molecule has 5 nitrogen and oxygen atoms in total. The Kier molecular flexibility index (Phi) is 4.43. The molecule has 4 heterocycles. The van der Waals surface area contributed by atoms with E-state index in [2.05, 4.69) is 19.9 Å². The van der Waals surface area contributed by atoms with Gasteiger partial charge in [-0.2, -0.15) is 13.8 Å². The Morgan fingerprint density at radius 1 is 0.821 bits per heavy atom. The molecule has 0 aliphatic carbocycles. The van der Waals surface area contributed by atoms with Crippen LogP contribution in [0.3, 0.4) is 0 Å². The molecule has 28 heavy (non-hydrogen) atoms. The predicted molar refractivity (Wildman–Crippen MR) is 101 cm³/mol. The molecule has 0 spiro atoms. The molecule has 0 saturated carbocycles. The van der Waals surface area contributed by atoms with Crippen molar-refractivity contribution >= 4 is 0 Å². The zero-order valence-corrected chi connectivity index (χ0v) is 15.3. The summed E-state index contributed by atoms with van der Waals surface area (Å²) in [4.78, 5) is 19.9. The standard InChI is InChI=1S/C21H17F2N5/c1-21(2,17-8-4-6-15(27-17)20-24-11-12-25-20)16-7-3-5-14(26-16)13-9-10-18(22)28-19(13)23/h3-12H,1-2H3,(H,24,25). The molecule has 0 aliphatic heterocycles. The van der Waals surface area contributed by atoms with E-state index in [1.807, 2.05) is 38.1 Å². The van der Waals surface area contributed by atoms with Crippen molar-refractivity contribution in [3.05, 3.63) is 84.2 Å². The molecule has 0 aliphatic rings. The zero-order valence-electron chi connectivity index (χ0n) is 15.3. The van der Waals surface area contributed by atoms with E-state index in [1.54, 1.807) is 24.5 Å². The summed E-state index contributed by atoms with van der Waals surface area (Å²) < 4.78 is 27.2. The van der Waals surface area contributed by atoms with Gasteiger partial charge in [0.1, 0.15) is 5.69 Å². The highest BCUT2D eigenvalue weighted by atomic mass is 19.1. The molecule has 0 bridgehead atoms. The molecule has 0 saturated heterocycles. The van der Waals surface area contributed by atoms with Crippen LogP contribution in [0.15, 0.2) is 60.9 Å². The van der Waals surface area contributed by atoms with Gasteiger partial charge in [-0.25, -0.2) is 9.97 Å². The van der Waals surface area contributed by atoms with E-state index in [9.17, 15) is 8.78 Å². The first kappa shape index (κ1) is 17.9. The van der Waals surface area contributed by atoms with Gasteiger partial charge in [-0.15, -0.1) is 0 Å². The van der Waals surface area contributed by atoms with Crippen LogP contribution in [0.1, 0.15) is 25.2 Å². The number of hydrogen-bond acceptors (Lipinski definition) is 4. The molecule has 0 fully saturated rings. The number of pyridine rings is 3. The molecule has 0 aromatic carbocycles. The Bertz CT molecular complexity index is 1120. The summed E-state index contributed by atoms with van der Waals surface area (Å²) in [6, 6.07) is 13.5. The second-order valence-electron chi connectivity index (χ2n) is 6.85. The van der Waals surface area contributed by atoms with Crippen LogP contribution in [0.2, 0.25) is 0 Å².